The van der Waals surface area contributed by atoms with E-state index < -0.39 is 0 Å². The number of aryl methyl sites for hydroxylation is 1. The quantitative estimate of drug-likeness (QED) is 0.729. The molecule has 0 aliphatic carbocycles. The Morgan fingerprint density at radius 1 is 1.54 bits per heavy atom. The van der Waals surface area contributed by atoms with Gasteiger partial charge in [-0.25, -0.2) is 0 Å². The van der Waals surface area contributed by atoms with Crippen LogP contribution in [-0.4, -0.2) is 26.5 Å². The van der Waals surface area contributed by atoms with Gasteiger partial charge in [-0.2, -0.15) is 0 Å². The van der Waals surface area contributed by atoms with Crippen molar-refractivity contribution in [3.05, 3.63) is 6.33 Å². The van der Waals surface area contributed by atoms with Crippen molar-refractivity contribution in [3.63, 3.8) is 0 Å². The van der Waals surface area contributed by atoms with Gasteiger partial charge in [0.05, 0.1) is 0 Å². The lowest BCUT2D eigenvalue weighted by Gasteiger charge is -1.98. The number of unbranched alkanes of at least 4 members (excludes halogenated alkanes) is 1. The molecule has 0 atom stereocenters. The molecule has 0 aliphatic heterocycles. The third-order valence-corrected chi connectivity index (χ3v) is 1.69. The summed E-state index contributed by atoms with van der Waals surface area (Å²) in [7, 11) is 0. The number of aliphatic hydroxyl groups is 1. The Hall–Kier alpha value is -0.550. The van der Waals surface area contributed by atoms with Crippen molar-refractivity contribution in [2.45, 2.75) is 38.4 Å². The lowest BCUT2D eigenvalue weighted by Crippen LogP contribution is -1.95. The van der Waals surface area contributed by atoms with E-state index in [2.05, 4.69) is 29.7 Å². The molecule has 0 radical (unpaired) electrons. The molecule has 1 heterocycles. The summed E-state index contributed by atoms with van der Waals surface area (Å²) in [5.41, 5.74) is 0. The van der Waals surface area contributed by atoms with E-state index in [1.54, 1.807) is 13.3 Å². The molecule has 1 aromatic rings. The van der Waals surface area contributed by atoms with Gasteiger partial charge < -0.3 is 9.67 Å². The fourth-order valence-corrected chi connectivity index (χ4v) is 0.938. The summed E-state index contributed by atoms with van der Waals surface area (Å²) < 4.78 is 1.94. The highest BCUT2D eigenvalue weighted by atomic mass is 32.1. The van der Waals surface area contributed by atoms with Crippen LogP contribution < -0.4 is 0 Å². The van der Waals surface area contributed by atoms with E-state index in [4.69, 9.17) is 5.11 Å². The largest absolute Gasteiger partial charge is 0.397 e. The standard InChI is InChI=1S/C6H11N3S.C2H6O/c1-2-3-4-9-5-7-8-6(9)10;1-2-3/h5H,2-4H2,1H3,(H,8,10);3H,2H2,1H3. The molecule has 13 heavy (non-hydrogen) atoms. The lowest BCUT2D eigenvalue weighted by atomic mass is 10.3. The predicted molar refractivity (Wildman–Crippen MR) is 54.9 cm³/mol. The van der Waals surface area contributed by atoms with Crippen molar-refractivity contribution in [2.24, 2.45) is 0 Å². The molecule has 5 heteroatoms. The van der Waals surface area contributed by atoms with E-state index >= 15 is 0 Å². The fraction of sp³-hybridized carbons (Fsp3) is 0.750. The molecule has 1 N–H and O–H groups in total. The van der Waals surface area contributed by atoms with Gasteiger partial charge in [0.2, 0.25) is 0 Å². The van der Waals surface area contributed by atoms with Crippen LogP contribution in [0.1, 0.15) is 26.7 Å². The van der Waals surface area contributed by atoms with Gasteiger partial charge in [0.1, 0.15) is 6.33 Å². The van der Waals surface area contributed by atoms with Crippen LogP contribution in [0.2, 0.25) is 0 Å². The Morgan fingerprint density at radius 2 is 2.15 bits per heavy atom. The zero-order chi connectivity index (χ0) is 10.1. The zero-order valence-electron chi connectivity index (χ0n) is 8.14. The minimum Gasteiger partial charge on any atom is -0.397 e. The summed E-state index contributed by atoms with van der Waals surface area (Å²) in [6.07, 6.45) is 4.05. The van der Waals surface area contributed by atoms with Crippen molar-refractivity contribution in [1.82, 2.24) is 14.8 Å². The minimum atomic E-state index is 0.250. The Morgan fingerprint density at radius 3 is 2.54 bits per heavy atom. The summed E-state index contributed by atoms with van der Waals surface area (Å²) in [4.78, 5) is 0. The Bertz CT molecular complexity index is 215. The molecule has 0 aromatic carbocycles. The molecule has 0 unspecified atom stereocenters. The molecule has 0 fully saturated rings. The van der Waals surface area contributed by atoms with Crippen LogP contribution in [0.15, 0.2) is 11.5 Å². The van der Waals surface area contributed by atoms with Crippen LogP contribution in [0.4, 0.5) is 0 Å². The molecular weight excluding hydrogens is 186 g/mol. The average molecular weight is 203 g/mol. The third-order valence-electron chi connectivity index (χ3n) is 1.35. The van der Waals surface area contributed by atoms with Crippen LogP contribution in [0.3, 0.4) is 0 Å². The maximum atomic E-state index is 7.57. The van der Waals surface area contributed by atoms with Gasteiger partial charge in [-0.1, -0.05) is 13.3 Å². The number of rotatable bonds is 3. The highest BCUT2D eigenvalue weighted by molar-refractivity contribution is 7.80. The van der Waals surface area contributed by atoms with Gasteiger partial charge in [0.25, 0.3) is 0 Å². The summed E-state index contributed by atoms with van der Waals surface area (Å²) in [5.74, 6) is 0. The highest BCUT2D eigenvalue weighted by Gasteiger charge is 1.95. The Labute approximate surface area is 84.4 Å². The number of aliphatic hydroxyl groups excluding tert-OH is 1. The van der Waals surface area contributed by atoms with E-state index in [-0.39, 0.29) is 6.61 Å². The van der Waals surface area contributed by atoms with Crippen molar-refractivity contribution >= 4 is 12.6 Å². The Balaban J connectivity index is 0.000000424. The first kappa shape index (κ1) is 12.4. The highest BCUT2D eigenvalue weighted by Crippen LogP contribution is 2.01. The van der Waals surface area contributed by atoms with Gasteiger partial charge in [-0.15, -0.1) is 22.8 Å². The molecule has 0 saturated heterocycles. The topological polar surface area (TPSA) is 50.9 Å². The molecule has 0 bridgehead atoms. The van der Waals surface area contributed by atoms with E-state index in [0.717, 1.165) is 13.0 Å². The summed E-state index contributed by atoms with van der Waals surface area (Å²) in [5, 5.41) is 15.7. The average Bonchev–Trinajstić information content (AvgIpc) is 2.49. The number of thiol groups is 1. The molecule has 0 saturated carbocycles. The van der Waals surface area contributed by atoms with Crippen LogP contribution >= 0.6 is 12.6 Å². The molecule has 0 spiro atoms. The van der Waals surface area contributed by atoms with Gasteiger partial charge >= 0.3 is 0 Å². The Kier molecular flexibility index (Phi) is 7.73. The number of aromatic nitrogens is 3. The first-order chi connectivity index (χ1) is 6.26. The third kappa shape index (κ3) is 5.65. The summed E-state index contributed by atoms with van der Waals surface area (Å²) >= 11 is 4.11. The lowest BCUT2D eigenvalue weighted by molar-refractivity contribution is 0.318. The zero-order valence-corrected chi connectivity index (χ0v) is 9.04. The maximum absolute atomic E-state index is 7.57. The minimum absolute atomic E-state index is 0.250. The second-order valence-electron chi connectivity index (χ2n) is 2.49. The summed E-state index contributed by atoms with van der Waals surface area (Å²) in [6.45, 7) is 5.06. The molecule has 4 nitrogen and oxygen atoms in total. The van der Waals surface area contributed by atoms with E-state index in [1.165, 1.54) is 6.42 Å². The van der Waals surface area contributed by atoms with E-state index in [1.807, 2.05) is 4.57 Å². The number of hydrogen-bond donors (Lipinski definition) is 2. The number of hydrogen-bond acceptors (Lipinski definition) is 4. The van der Waals surface area contributed by atoms with Crippen molar-refractivity contribution in [3.8, 4) is 0 Å². The first-order valence-corrected chi connectivity index (χ1v) is 4.88. The monoisotopic (exact) mass is 203 g/mol. The second-order valence-corrected chi connectivity index (χ2v) is 2.89. The smallest absolute Gasteiger partial charge is 0.187 e. The maximum Gasteiger partial charge on any atom is 0.187 e. The molecule has 1 aromatic heterocycles. The van der Waals surface area contributed by atoms with Gasteiger partial charge in [0.15, 0.2) is 5.16 Å². The molecule has 0 aliphatic rings. The van der Waals surface area contributed by atoms with Crippen molar-refractivity contribution in [2.75, 3.05) is 6.61 Å². The van der Waals surface area contributed by atoms with Crippen LogP contribution in [0.25, 0.3) is 0 Å². The normalized spacial score (nSPS) is 9.23. The molecule has 1 rings (SSSR count). The van der Waals surface area contributed by atoms with Crippen LogP contribution in [0, 0.1) is 0 Å². The molecule has 0 amide bonds. The van der Waals surface area contributed by atoms with Gasteiger partial charge in [0, 0.05) is 13.2 Å². The predicted octanol–water partition coefficient (Wildman–Crippen LogP) is 1.37. The fourth-order valence-electron chi connectivity index (χ4n) is 0.735. The van der Waals surface area contributed by atoms with Gasteiger partial charge in [-0.3, -0.25) is 0 Å². The molecule has 76 valence electrons. The van der Waals surface area contributed by atoms with E-state index in [0.29, 0.717) is 5.16 Å². The second kappa shape index (κ2) is 8.07. The van der Waals surface area contributed by atoms with Crippen LogP contribution in [-0.2, 0) is 6.54 Å². The first-order valence-electron chi connectivity index (χ1n) is 4.43. The van der Waals surface area contributed by atoms with Gasteiger partial charge in [-0.05, 0) is 13.3 Å². The molecular formula is C8H17N3OS. The SMILES string of the molecule is CCCCn1cnnc1S.CCO. The van der Waals surface area contributed by atoms with Crippen LogP contribution in [0.5, 0.6) is 0 Å². The van der Waals surface area contributed by atoms with E-state index in [9.17, 15) is 0 Å². The number of nitrogens with zero attached hydrogens (tertiary/aromatic N) is 3. The summed E-state index contributed by atoms with van der Waals surface area (Å²) in [6, 6.07) is 0. The van der Waals surface area contributed by atoms with Crippen molar-refractivity contribution < 1.29 is 5.11 Å². The van der Waals surface area contributed by atoms with Crippen molar-refractivity contribution in [1.29, 1.82) is 0 Å².